The number of imide groups is 1. The van der Waals surface area contributed by atoms with E-state index >= 15 is 0 Å². The van der Waals surface area contributed by atoms with Crippen LogP contribution in [-0.2, 0) is 9.59 Å². The van der Waals surface area contributed by atoms with Crippen molar-refractivity contribution in [2.75, 3.05) is 13.1 Å². The van der Waals surface area contributed by atoms with Gasteiger partial charge in [-0.2, -0.15) is 0 Å². The summed E-state index contributed by atoms with van der Waals surface area (Å²) in [5.74, 6) is -1.18. The van der Waals surface area contributed by atoms with Crippen molar-refractivity contribution in [2.24, 2.45) is 0 Å². The van der Waals surface area contributed by atoms with Gasteiger partial charge in [0, 0.05) is 25.9 Å². The minimum atomic E-state index is -0.859. The molecule has 6 heteroatoms. The molecule has 0 spiro atoms. The summed E-state index contributed by atoms with van der Waals surface area (Å²) >= 11 is 0. The SMILES string of the molecule is O=C(O)CCCCC(=O)NC(=O)N1CCCCCCC1. The lowest BCUT2D eigenvalue weighted by Crippen LogP contribution is -2.44. The fourth-order valence-corrected chi connectivity index (χ4v) is 2.27. The molecule has 0 saturated carbocycles. The average molecular weight is 284 g/mol. The Morgan fingerprint density at radius 1 is 0.900 bits per heavy atom. The molecule has 1 fully saturated rings. The van der Waals surface area contributed by atoms with E-state index in [2.05, 4.69) is 5.32 Å². The minimum absolute atomic E-state index is 0.0628. The second kappa shape index (κ2) is 9.34. The number of carbonyl (C=O) groups is 3. The summed E-state index contributed by atoms with van der Waals surface area (Å²) in [4.78, 5) is 35.5. The molecule has 6 nitrogen and oxygen atoms in total. The first-order chi connectivity index (χ1) is 9.59. The van der Waals surface area contributed by atoms with Gasteiger partial charge in [0.15, 0.2) is 0 Å². The summed E-state index contributed by atoms with van der Waals surface area (Å²) < 4.78 is 0. The number of unbranched alkanes of at least 4 members (excludes halogenated alkanes) is 1. The van der Waals surface area contributed by atoms with Gasteiger partial charge in [-0.3, -0.25) is 14.9 Å². The number of nitrogens with one attached hydrogen (secondary N) is 1. The van der Waals surface area contributed by atoms with E-state index in [1.165, 1.54) is 6.42 Å². The van der Waals surface area contributed by atoms with Crippen molar-refractivity contribution in [3.63, 3.8) is 0 Å². The van der Waals surface area contributed by atoms with Crippen LogP contribution in [0.4, 0.5) is 4.79 Å². The average Bonchev–Trinajstić information content (AvgIpc) is 2.33. The molecule has 1 aliphatic heterocycles. The molecule has 0 atom stereocenters. The van der Waals surface area contributed by atoms with Crippen molar-refractivity contribution in [3.8, 4) is 0 Å². The van der Waals surface area contributed by atoms with Gasteiger partial charge >= 0.3 is 12.0 Å². The van der Waals surface area contributed by atoms with E-state index in [0.29, 0.717) is 25.9 Å². The van der Waals surface area contributed by atoms with Crippen LogP contribution < -0.4 is 5.32 Å². The number of carboxylic acids is 1. The van der Waals surface area contributed by atoms with Gasteiger partial charge in [-0.25, -0.2) is 4.79 Å². The zero-order chi connectivity index (χ0) is 14.8. The fraction of sp³-hybridized carbons (Fsp3) is 0.786. The van der Waals surface area contributed by atoms with Crippen molar-refractivity contribution in [1.29, 1.82) is 0 Å². The van der Waals surface area contributed by atoms with E-state index in [1.54, 1.807) is 4.90 Å². The van der Waals surface area contributed by atoms with Crippen LogP contribution in [0, 0.1) is 0 Å². The molecule has 1 heterocycles. The van der Waals surface area contributed by atoms with Crippen LogP contribution in [0.1, 0.15) is 57.8 Å². The molecule has 1 aliphatic rings. The molecule has 114 valence electrons. The Kier molecular flexibility index (Phi) is 7.69. The third-order valence-electron chi connectivity index (χ3n) is 3.43. The highest BCUT2D eigenvalue weighted by Crippen LogP contribution is 2.10. The Balaban J connectivity index is 2.22. The number of carbonyl (C=O) groups excluding carboxylic acids is 2. The maximum atomic E-state index is 11.9. The topological polar surface area (TPSA) is 86.7 Å². The molecular weight excluding hydrogens is 260 g/mol. The summed E-state index contributed by atoms with van der Waals surface area (Å²) in [6.07, 6.45) is 6.67. The summed E-state index contributed by atoms with van der Waals surface area (Å²) in [6, 6.07) is -0.310. The highest BCUT2D eigenvalue weighted by Gasteiger charge is 2.16. The number of nitrogens with zero attached hydrogens (tertiary/aromatic N) is 1. The van der Waals surface area contributed by atoms with Gasteiger partial charge in [0.1, 0.15) is 0 Å². The van der Waals surface area contributed by atoms with E-state index in [0.717, 1.165) is 25.7 Å². The number of rotatable bonds is 5. The molecule has 0 radical (unpaired) electrons. The van der Waals surface area contributed by atoms with Crippen LogP contribution in [0.3, 0.4) is 0 Å². The summed E-state index contributed by atoms with van der Waals surface area (Å²) in [7, 11) is 0. The zero-order valence-corrected chi connectivity index (χ0v) is 11.9. The monoisotopic (exact) mass is 284 g/mol. The lowest BCUT2D eigenvalue weighted by atomic mass is 10.1. The standard InChI is InChI=1S/C14H24N2O4/c17-12(8-4-5-9-13(18)19)15-14(20)16-10-6-2-1-3-7-11-16/h1-11H2,(H,18,19)(H,15,17,20). The minimum Gasteiger partial charge on any atom is -0.481 e. The highest BCUT2D eigenvalue weighted by molar-refractivity contribution is 5.94. The van der Waals surface area contributed by atoms with Crippen LogP contribution in [0.5, 0.6) is 0 Å². The van der Waals surface area contributed by atoms with E-state index in [1.807, 2.05) is 0 Å². The highest BCUT2D eigenvalue weighted by atomic mass is 16.4. The van der Waals surface area contributed by atoms with E-state index < -0.39 is 5.97 Å². The second-order valence-corrected chi connectivity index (χ2v) is 5.21. The van der Waals surface area contributed by atoms with Gasteiger partial charge in [-0.1, -0.05) is 19.3 Å². The van der Waals surface area contributed by atoms with Crippen molar-refractivity contribution in [1.82, 2.24) is 10.2 Å². The smallest absolute Gasteiger partial charge is 0.324 e. The first-order valence-electron chi connectivity index (χ1n) is 7.40. The molecule has 0 aromatic carbocycles. The molecule has 3 amide bonds. The number of amides is 3. The van der Waals surface area contributed by atoms with E-state index in [-0.39, 0.29) is 24.8 Å². The third-order valence-corrected chi connectivity index (χ3v) is 3.43. The van der Waals surface area contributed by atoms with Crippen LogP contribution in [0.2, 0.25) is 0 Å². The predicted octanol–water partition coefficient (Wildman–Crippen LogP) is 2.13. The van der Waals surface area contributed by atoms with Crippen molar-refractivity contribution >= 4 is 17.9 Å². The molecule has 1 saturated heterocycles. The summed E-state index contributed by atoms with van der Waals surface area (Å²) in [6.45, 7) is 1.41. The van der Waals surface area contributed by atoms with Crippen LogP contribution in [-0.4, -0.2) is 41.0 Å². The van der Waals surface area contributed by atoms with Gasteiger partial charge in [-0.15, -0.1) is 0 Å². The lowest BCUT2D eigenvalue weighted by molar-refractivity contribution is -0.137. The first-order valence-corrected chi connectivity index (χ1v) is 7.40. The Hall–Kier alpha value is -1.59. The Labute approximate surface area is 119 Å². The predicted molar refractivity (Wildman–Crippen MR) is 74.3 cm³/mol. The lowest BCUT2D eigenvalue weighted by Gasteiger charge is -2.24. The molecule has 0 aromatic rings. The van der Waals surface area contributed by atoms with Gasteiger partial charge in [0.2, 0.25) is 5.91 Å². The largest absolute Gasteiger partial charge is 0.481 e. The third kappa shape index (κ3) is 7.11. The van der Waals surface area contributed by atoms with E-state index in [4.69, 9.17) is 5.11 Å². The van der Waals surface area contributed by atoms with Crippen LogP contribution >= 0.6 is 0 Å². The van der Waals surface area contributed by atoms with Crippen LogP contribution in [0.25, 0.3) is 0 Å². The molecule has 20 heavy (non-hydrogen) atoms. The van der Waals surface area contributed by atoms with Gasteiger partial charge < -0.3 is 10.0 Å². The molecular formula is C14H24N2O4. The Morgan fingerprint density at radius 2 is 1.45 bits per heavy atom. The Morgan fingerprint density at radius 3 is 2.05 bits per heavy atom. The molecule has 0 aromatic heterocycles. The number of hydrogen-bond acceptors (Lipinski definition) is 3. The number of aliphatic carboxylic acids is 1. The van der Waals surface area contributed by atoms with Gasteiger partial charge in [0.05, 0.1) is 0 Å². The Bertz CT molecular complexity index is 336. The maximum Gasteiger partial charge on any atom is 0.324 e. The molecule has 0 unspecified atom stereocenters. The molecule has 2 N–H and O–H groups in total. The maximum absolute atomic E-state index is 11.9. The molecule has 0 aliphatic carbocycles. The van der Waals surface area contributed by atoms with Crippen molar-refractivity contribution in [3.05, 3.63) is 0 Å². The normalized spacial score (nSPS) is 16.1. The number of carboxylic acid groups (broad SMARTS) is 1. The summed E-state index contributed by atoms with van der Waals surface area (Å²) in [5.41, 5.74) is 0. The number of hydrogen-bond donors (Lipinski definition) is 2. The van der Waals surface area contributed by atoms with Crippen LogP contribution in [0.15, 0.2) is 0 Å². The fourth-order valence-electron chi connectivity index (χ4n) is 2.27. The van der Waals surface area contributed by atoms with Crippen molar-refractivity contribution in [2.45, 2.75) is 57.8 Å². The van der Waals surface area contributed by atoms with Crippen molar-refractivity contribution < 1.29 is 19.5 Å². The quantitative estimate of drug-likeness (QED) is 0.757. The second-order valence-electron chi connectivity index (χ2n) is 5.21. The van der Waals surface area contributed by atoms with Gasteiger partial charge in [0.25, 0.3) is 0 Å². The zero-order valence-electron chi connectivity index (χ0n) is 11.9. The number of urea groups is 1. The first kappa shape index (κ1) is 16.5. The molecule has 1 rings (SSSR count). The number of likely N-dealkylation sites (tertiary alicyclic amines) is 1. The summed E-state index contributed by atoms with van der Waals surface area (Å²) in [5, 5.41) is 10.9. The molecule has 0 bridgehead atoms. The van der Waals surface area contributed by atoms with Gasteiger partial charge in [-0.05, 0) is 25.7 Å². The van der Waals surface area contributed by atoms with E-state index in [9.17, 15) is 14.4 Å².